The van der Waals surface area contributed by atoms with Crippen LogP contribution < -0.4 is 0 Å². The fourth-order valence-corrected chi connectivity index (χ4v) is 2.03. The largest absolute Gasteiger partial charge is 0.468 e. The van der Waals surface area contributed by atoms with E-state index in [4.69, 9.17) is 23.2 Å². The minimum atomic E-state index is 0.289. The molecule has 0 fully saturated rings. The molecule has 0 aliphatic rings. The molecular weight excluding hydrogens is 261 g/mol. The number of rotatable bonds is 4. The molecular formula is C12H9Cl2NO2. The minimum Gasteiger partial charge on any atom is -0.468 e. The van der Waals surface area contributed by atoms with E-state index in [0.29, 0.717) is 22.9 Å². The van der Waals surface area contributed by atoms with Crippen molar-refractivity contribution in [1.82, 2.24) is 4.98 Å². The molecule has 5 heteroatoms. The lowest BCUT2D eigenvalue weighted by atomic mass is 10.1. The zero-order chi connectivity index (χ0) is 12.3. The molecule has 0 amide bonds. The fourth-order valence-electron chi connectivity index (χ4n) is 1.57. The van der Waals surface area contributed by atoms with E-state index >= 15 is 0 Å². The quantitative estimate of drug-likeness (QED) is 0.632. The lowest BCUT2D eigenvalue weighted by Gasteiger charge is -2.06. The van der Waals surface area contributed by atoms with Crippen LogP contribution in [0, 0.1) is 0 Å². The van der Waals surface area contributed by atoms with Crippen molar-refractivity contribution in [3.63, 3.8) is 0 Å². The summed E-state index contributed by atoms with van der Waals surface area (Å²) in [5, 5.41) is 2.03. The summed E-state index contributed by atoms with van der Waals surface area (Å²) < 4.78 is 4.64. The van der Waals surface area contributed by atoms with Gasteiger partial charge < -0.3 is 4.74 Å². The zero-order valence-corrected chi connectivity index (χ0v) is 10.3. The number of ether oxygens (including phenoxy) is 1. The van der Waals surface area contributed by atoms with Gasteiger partial charge in [0.15, 0.2) is 0 Å². The van der Waals surface area contributed by atoms with Crippen molar-refractivity contribution in [2.75, 3.05) is 6.61 Å². The first-order chi connectivity index (χ1) is 8.22. The average Bonchev–Trinajstić information content (AvgIpc) is 2.33. The second-order valence-corrected chi connectivity index (χ2v) is 4.29. The molecule has 0 radical (unpaired) electrons. The molecule has 0 bridgehead atoms. The van der Waals surface area contributed by atoms with Crippen molar-refractivity contribution < 1.29 is 9.53 Å². The van der Waals surface area contributed by atoms with Crippen LogP contribution in [-0.2, 0) is 16.0 Å². The molecule has 0 saturated heterocycles. The van der Waals surface area contributed by atoms with Crippen molar-refractivity contribution in [3.8, 4) is 0 Å². The van der Waals surface area contributed by atoms with Gasteiger partial charge in [0.1, 0.15) is 0 Å². The molecule has 0 atom stereocenters. The monoisotopic (exact) mass is 269 g/mol. The van der Waals surface area contributed by atoms with Crippen LogP contribution in [0.2, 0.25) is 10.0 Å². The third-order valence-electron chi connectivity index (χ3n) is 2.39. The van der Waals surface area contributed by atoms with Crippen molar-refractivity contribution >= 4 is 40.6 Å². The molecule has 0 saturated carbocycles. The van der Waals surface area contributed by atoms with Crippen LogP contribution in [-0.4, -0.2) is 18.1 Å². The molecule has 0 aliphatic heterocycles. The van der Waals surface area contributed by atoms with Crippen LogP contribution in [0.1, 0.15) is 5.56 Å². The second-order valence-electron chi connectivity index (χ2n) is 3.48. The van der Waals surface area contributed by atoms with E-state index in [1.54, 1.807) is 18.3 Å². The van der Waals surface area contributed by atoms with E-state index in [0.717, 1.165) is 16.5 Å². The number of hydrogen-bond donors (Lipinski definition) is 0. The Balaban J connectivity index is 2.38. The molecule has 1 heterocycles. The average molecular weight is 270 g/mol. The van der Waals surface area contributed by atoms with Gasteiger partial charge in [-0.25, -0.2) is 0 Å². The van der Waals surface area contributed by atoms with Crippen molar-refractivity contribution in [3.05, 3.63) is 40.0 Å². The van der Waals surface area contributed by atoms with Crippen LogP contribution in [0.25, 0.3) is 10.9 Å². The SMILES string of the molecule is O=COCCc1cnc2ccc(Cl)cc2c1Cl. The maximum Gasteiger partial charge on any atom is 0.293 e. The number of fused-ring (bicyclic) bond motifs is 1. The summed E-state index contributed by atoms with van der Waals surface area (Å²) >= 11 is 12.2. The molecule has 2 rings (SSSR count). The third-order valence-corrected chi connectivity index (χ3v) is 3.08. The number of carbonyl (C=O) groups is 1. The van der Waals surface area contributed by atoms with Crippen molar-refractivity contribution in [1.29, 1.82) is 0 Å². The van der Waals surface area contributed by atoms with E-state index in [9.17, 15) is 4.79 Å². The maximum absolute atomic E-state index is 10.0. The Morgan fingerprint density at radius 3 is 2.94 bits per heavy atom. The third kappa shape index (κ3) is 2.68. The van der Waals surface area contributed by atoms with Crippen LogP contribution in [0.3, 0.4) is 0 Å². The van der Waals surface area contributed by atoms with E-state index < -0.39 is 0 Å². The smallest absolute Gasteiger partial charge is 0.293 e. The molecule has 17 heavy (non-hydrogen) atoms. The minimum absolute atomic E-state index is 0.289. The van der Waals surface area contributed by atoms with Gasteiger partial charge in [0.25, 0.3) is 6.47 Å². The van der Waals surface area contributed by atoms with Gasteiger partial charge in [-0.15, -0.1) is 0 Å². The number of nitrogens with zero attached hydrogens (tertiary/aromatic N) is 1. The van der Waals surface area contributed by atoms with Gasteiger partial charge in [-0.1, -0.05) is 23.2 Å². The predicted octanol–water partition coefficient (Wildman–Crippen LogP) is 3.26. The molecule has 1 aromatic heterocycles. The molecule has 0 aliphatic carbocycles. The van der Waals surface area contributed by atoms with Crippen molar-refractivity contribution in [2.24, 2.45) is 0 Å². The van der Waals surface area contributed by atoms with Gasteiger partial charge >= 0.3 is 0 Å². The Hall–Kier alpha value is -1.32. The summed E-state index contributed by atoms with van der Waals surface area (Å²) in [6.45, 7) is 0.705. The Labute approximate surface area is 108 Å². The maximum atomic E-state index is 10.0. The molecule has 0 spiro atoms. The number of halogens is 2. The summed E-state index contributed by atoms with van der Waals surface area (Å²) in [6.07, 6.45) is 2.22. The van der Waals surface area contributed by atoms with Crippen LogP contribution in [0.15, 0.2) is 24.4 Å². The van der Waals surface area contributed by atoms with Gasteiger partial charge in [0, 0.05) is 23.0 Å². The van der Waals surface area contributed by atoms with Crippen LogP contribution >= 0.6 is 23.2 Å². The first kappa shape index (κ1) is 12.1. The van der Waals surface area contributed by atoms with E-state index in [1.807, 2.05) is 6.07 Å². The van der Waals surface area contributed by atoms with Gasteiger partial charge in [-0.3, -0.25) is 9.78 Å². The van der Waals surface area contributed by atoms with Crippen LogP contribution in [0.4, 0.5) is 0 Å². The summed E-state index contributed by atoms with van der Waals surface area (Å²) in [5.74, 6) is 0. The van der Waals surface area contributed by atoms with Gasteiger partial charge in [0.05, 0.1) is 17.1 Å². The number of carbonyl (C=O) groups excluding carboxylic acids is 1. The highest BCUT2D eigenvalue weighted by Gasteiger charge is 2.07. The van der Waals surface area contributed by atoms with Crippen molar-refractivity contribution in [2.45, 2.75) is 6.42 Å². The van der Waals surface area contributed by atoms with Gasteiger partial charge in [0.2, 0.25) is 0 Å². The lowest BCUT2D eigenvalue weighted by molar-refractivity contribution is -0.128. The summed E-state index contributed by atoms with van der Waals surface area (Å²) in [7, 11) is 0. The molecule has 0 N–H and O–H groups in total. The molecule has 3 nitrogen and oxygen atoms in total. The van der Waals surface area contributed by atoms with Crippen LogP contribution in [0.5, 0.6) is 0 Å². The number of pyridine rings is 1. The summed E-state index contributed by atoms with van der Waals surface area (Å²) in [6, 6.07) is 5.36. The normalized spacial score (nSPS) is 10.5. The van der Waals surface area contributed by atoms with E-state index in [-0.39, 0.29) is 6.61 Å². The number of benzene rings is 1. The lowest BCUT2D eigenvalue weighted by Crippen LogP contribution is -1.98. The Morgan fingerprint density at radius 1 is 1.35 bits per heavy atom. The van der Waals surface area contributed by atoms with E-state index in [2.05, 4.69) is 9.72 Å². The van der Waals surface area contributed by atoms with Gasteiger partial charge in [-0.05, 0) is 23.8 Å². The summed E-state index contributed by atoms with van der Waals surface area (Å²) in [4.78, 5) is 14.3. The molecule has 2 aromatic rings. The summed E-state index contributed by atoms with van der Waals surface area (Å²) in [5.41, 5.74) is 1.63. The Bertz CT molecular complexity index is 557. The fraction of sp³-hybridized carbons (Fsp3) is 0.167. The second kappa shape index (κ2) is 5.34. The zero-order valence-electron chi connectivity index (χ0n) is 8.82. The van der Waals surface area contributed by atoms with Gasteiger partial charge in [-0.2, -0.15) is 0 Å². The first-order valence-corrected chi connectivity index (χ1v) is 5.76. The standard InChI is InChI=1S/C12H9Cl2NO2/c13-9-1-2-11-10(5-9)12(14)8(6-15-11)3-4-17-7-16/h1-2,5-7H,3-4H2. The molecule has 1 aromatic carbocycles. The van der Waals surface area contributed by atoms with E-state index in [1.165, 1.54) is 0 Å². The Kier molecular flexibility index (Phi) is 3.82. The highest BCUT2D eigenvalue weighted by atomic mass is 35.5. The topological polar surface area (TPSA) is 39.2 Å². The molecule has 0 unspecified atom stereocenters. The molecule has 88 valence electrons. The highest BCUT2D eigenvalue weighted by molar-refractivity contribution is 6.37. The Morgan fingerprint density at radius 2 is 2.18 bits per heavy atom. The number of aromatic nitrogens is 1. The predicted molar refractivity (Wildman–Crippen MR) is 67.5 cm³/mol. The first-order valence-electron chi connectivity index (χ1n) is 5.00. The number of hydrogen-bond acceptors (Lipinski definition) is 3. The highest BCUT2D eigenvalue weighted by Crippen LogP contribution is 2.28.